The molecule has 0 spiro atoms. The molecule has 1 aromatic rings. The fraction of sp³-hybridized carbons (Fsp3) is 0.429. The summed E-state index contributed by atoms with van der Waals surface area (Å²) in [4.78, 5) is 22.4. The summed E-state index contributed by atoms with van der Waals surface area (Å²) in [6, 6.07) is 7.71. The van der Waals surface area contributed by atoms with Crippen molar-refractivity contribution in [1.82, 2.24) is 5.32 Å². The minimum absolute atomic E-state index is 0. The van der Waals surface area contributed by atoms with Gasteiger partial charge in [0.1, 0.15) is 0 Å². The van der Waals surface area contributed by atoms with Crippen LogP contribution in [0.15, 0.2) is 24.3 Å². The van der Waals surface area contributed by atoms with Crippen molar-refractivity contribution < 1.29 is 14.3 Å². The molecule has 0 atom stereocenters. The fourth-order valence-electron chi connectivity index (χ4n) is 1.55. The average molecular weight is 333 g/mol. The van der Waals surface area contributed by atoms with Crippen LogP contribution in [0.3, 0.4) is 0 Å². The van der Waals surface area contributed by atoms with E-state index in [0.717, 1.165) is 22.8 Å². The molecule has 0 heterocycles. The molecule has 1 rings (SSSR count). The van der Waals surface area contributed by atoms with Crippen LogP contribution in [-0.4, -0.2) is 38.3 Å². The van der Waals surface area contributed by atoms with Crippen molar-refractivity contribution >= 4 is 41.7 Å². The van der Waals surface area contributed by atoms with Crippen LogP contribution >= 0.6 is 24.2 Å². The lowest BCUT2D eigenvalue weighted by atomic mass is 10.2. The van der Waals surface area contributed by atoms with E-state index in [-0.39, 0.29) is 30.8 Å². The number of methoxy groups -OCH3 is 1. The molecule has 0 bridgehead atoms. The van der Waals surface area contributed by atoms with Gasteiger partial charge in [-0.3, -0.25) is 9.59 Å². The molecule has 0 saturated heterocycles. The Morgan fingerprint density at radius 1 is 1.33 bits per heavy atom. The van der Waals surface area contributed by atoms with Crippen LogP contribution in [0.2, 0.25) is 0 Å². The summed E-state index contributed by atoms with van der Waals surface area (Å²) in [5.74, 6) is 1.27. The van der Waals surface area contributed by atoms with Crippen molar-refractivity contribution in [2.24, 2.45) is 0 Å². The summed E-state index contributed by atoms with van der Waals surface area (Å²) >= 11 is 1.66. The summed E-state index contributed by atoms with van der Waals surface area (Å²) in [6.45, 7) is 0.290. The van der Waals surface area contributed by atoms with Crippen molar-refractivity contribution in [2.45, 2.75) is 12.2 Å². The number of rotatable bonds is 8. The van der Waals surface area contributed by atoms with E-state index in [0.29, 0.717) is 6.42 Å². The number of nitrogens with one attached hydrogen (secondary N) is 2. The van der Waals surface area contributed by atoms with Crippen LogP contribution in [-0.2, 0) is 20.1 Å². The first-order valence-electron chi connectivity index (χ1n) is 6.33. The van der Waals surface area contributed by atoms with Crippen LogP contribution < -0.4 is 10.6 Å². The van der Waals surface area contributed by atoms with Gasteiger partial charge in [0.15, 0.2) is 0 Å². The van der Waals surface area contributed by atoms with Crippen LogP contribution in [0.1, 0.15) is 12.0 Å². The van der Waals surface area contributed by atoms with E-state index >= 15 is 0 Å². The molecular weight excluding hydrogens is 312 g/mol. The first-order valence-corrected chi connectivity index (χ1v) is 7.49. The lowest BCUT2D eigenvalue weighted by Gasteiger charge is -2.07. The second kappa shape index (κ2) is 11.4. The fourth-order valence-corrected chi connectivity index (χ4v) is 2.42. The Morgan fingerprint density at radius 3 is 2.76 bits per heavy atom. The van der Waals surface area contributed by atoms with Gasteiger partial charge in [-0.05, 0) is 24.7 Å². The predicted octanol–water partition coefficient (Wildman–Crippen LogP) is 2.06. The molecule has 118 valence electrons. The summed E-state index contributed by atoms with van der Waals surface area (Å²) < 4.78 is 4.58. The Bertz CT molecular complexity index is 458. The van der Waals surface area contributed by atoms with Gasteiger partial charge in [0.05, 0.1) is 20.1 Å². The Kier molecular flexibility index (Phi) is 10.7. The zero-order chi connectivity index (χ0) is 14.8. The molecule has 1 aromatic carbocycles. The van der Waals surface area contributed by atoms with Gasteiger partial charge in [-0.2, -0.15) is 11.8 Å². The number of carbonyl (C=O) groups is 2. The van der Waals surface area contributed by atoms with Gasteiger partial charge in [-0.1, -0.05) is 12.1 Å². The smallest absolute Gasteiger partial charge is 0.306 e. The van der Waals surface area contributed by atoms with E-state index in [2.05, 4.69) is 15.4 Å². The molecule has 5 nitrogen and oxygen atoms in total. The zero-order valence-electron chi connectivity index (χ0n) is 12.2. The SMILES string of the molecule is CNCC(=O)Nc1cccc(CSCCC(=O)OC)c1.Cl. The maximum Gasteiger partial charge on any atom is 0.306 e. The quantitative estimate of drug-likeness (QED) is 0.563. The highest BCUT2D eigenvalue weighted by atomic mass is 35.5. The van der Waals surface area contributed by atoms with Crippen LogP contribution in [0.25, 0.3) is 0 Å². The number of anilines is 1. The molecule has 0 saturated carbocycles. The van der Waals surface area contributed by atoms with E-state index in [9.17, 15) is 9.59 Å². The highest BCUT2D eigenvalue weighted by molar-refractivity contribution is 7.98. The van der Waals surface area contributed by atoms with Gasteiger partial charge in [-0.15, -0.1) is 12.4 Å². The van der Waals surface area contributed by atoms with Gasteiger partial charge in [0, 0.05) is 17.2 Å². The minimum Gasteiger partial charge on any atom is -0.469 e. The zero-order valence-corrected chi connectivity index (χ0v) is 13.8. The number of hydrogen-bond donors (Lipinski definition) is 2. The molecule has 0 fully saturated rings. The second-order valence-electron chi connectivity index (χ2n) is 4.16. The minimum atomic E-state index is -0.189. The van der Waals surface area contributed by atoms with Crippen molar-refractivity contribution in [1.29, 1.82) is 0 Å². The number of esters is 1. The third-order valence-electron chi connectivity index (χ3n) is 2.49. The van der Waals surface area contributed by atoms with E-state index in [1.807, 2.05) is 24.3 Å². The van der Waals surface area contributed by atoms with Crippen molar-refractivity contribution in [3.63, 3.8) is 0 Å². The number of ether oxygens (including phenoxy) is 1. The molecule has 0 aliphatic rings. The van der Waals surface area contributed by atoms with Gasteiger partial charge < -0.3 is 15.4 Å². The Balaban J connectivity index is 0.00000400. The largest absolute Gasteiger partial charge is 0.469 e. The second-order valence-corrected chi connectivity index (χ2v) is 5.26. The first-order chi connectivity index (χ1) is 9.65. The molecule has 0 unspecified atom stereocenters. The van der Waals surface area contributed by atoms with E-state index in [1.165, 1.54) is 7.11 Å². The molecule has 1 amide bonds. The number of amides is 1. The summed E-state index contributed by atoms with van der Waals surface area (Å²) in [5, 5.41) is 5.62. The Hall–Kier alpha value is -1.24. The maximum absolute atomic E-state index is 11.5. The van der Waals surface area contributed by atoms with E-state index in [1.54, 1.807) is 18.8 Å². The van der Waals surface area contributed by atoms with E-state index in [4.69, 9.17) is 0 Å². The van der Waals surface area contributed by atoms with Crippen LogP contribution in [0.4, 0.5) is 5.69 Å². The number of thioether (sulfide) groups is 1. The number of likely N-dealkylation sites (N-methyl/N-ethyl adjacent to an activating group) is 1. The molecule has 0 aliphatic heterocycles. The summed E-state index contributed by atoms with van der Waals surface area (Å²) in [7, 11) is 3.12. The first kappa shape index (κ1) is 19.8. The van der Waals surface area contributed by atoms with Crippen molar-refractivity contribution in [3.05, 3.63) is 29.8 Å². The topological polar surface area (TPSA) is 67.4 Å². The highest BCUT2D eigenvalue weighted by Crippen LogP contribution is 2.17. The number of carbonyl (C=O) groups excluding carboxylic acids is 2. The van der Waals surface area contributed by atoms with Crippen molar-refractivity contribution in [3.8, 4) is 0 Å². The number of benzene rings is 1. The molecular formula is C14H21ClN2O3S. The third kappa shape index (κ3) is 8.60. The lowest BCUT2D eigenvalue weighted by molar-refractivity contribution is -0.140. The maximum atomic E-state index is 11.5. The highest BCUT2D eigenvalue weighted by Gasteiger charge is 2.03. The monoisotopic (exact) mass is 332 g/mol. The third-order valence-corrected chi connectivity index (χ3v) is 3.53. The molecule has 0 aromatic heterocycles. The van der Waals surface area contributed by atoms with E-state index < -0.39 is 0 Å². The number of hydrogen-bond acceptors (Lipinski definition) is 5. The Labute approximate surface area is 135 Å². The van der Waals surface area contributed by atoms with Crippen LogP contribution in [0.5, 0.6) is 0 Å². The summed E-state index contributed by atoms with van der Waals surface area (Å²) in [5.41, 5.74) is 1.90. The predicted molar refractivity (Wildman–Crippen MR) is 89.0 cm³/mol. The average Bonchev–Trinajstić information content (AvgIpc) is 2.44. The Morgan fingerprint density at radius 2 is 2.10 bits per heavy atom. The van der Waals surface area contributed by atoms with Gasteiger partial charge >= 0.3 is 5.97 Å². The van der Waals surface area contributed by atoms with Gasteiger partial charge in [-0.25, -0.2) is 0 Å². The van der Waals surface area contributed by atoms with Gasteiger partial charge in [0.2, 0.25) is 5.91 Å². The lowest BCUT2D eigenvalue weighted by Crippen LogP contribution is -2.25. The van der Waals surface area contributed by atoms with Gasteiger partial charge in [0.25, 0.3) is 0 Å². The van der Waals surface area contributed by atoms with Crippen LogP contribution in [0, 0.1) is 0 Å². The molecule has 7 heteroatoms. The molecule has 21 heavy (non-hydrogen) atoms. The number of halogens is 1. The molecule has 0 aliphatic carbocycles. The molecule has 2 N–H and O–H groups in total. The summed E-state index contributed by atoms with van der Waals surface area (Å²) in [6.07, 6.45) is 0.416. The molecule has 0 radical (unpaired) electrons. The normalized spacial score (nSPS) is 9.62. The van der Waals surface area contributed by atoms with Crippen molar-refractivity contribution in [2.75, 3.05) is 31.8 Å². The standard InChI is InChI=1S/C14H20N2O3S.ClH/c1-15-9-13(17)16-12-5-3-4-11(8-12)10-20-7-6-14(18)19-2;/h3-5,8,15H,6-7,9-10H2,1-2H3,(H,16,17);1H.